The fraction of sp³-hybridized carbons (Fsp3) is 0.435. The lowest BCUT2D eigenvalue weighted by atomic mass is 10.0. The van der Waals surface area contributed by atoms with Crippen molar-refractivity contribution in [2.24, 2.45) is 0 Å². The maximum atomic E-state index is 13.2. The average Bonchev–Trinajstić information content (AvgIpc) is 3.26. The van der Waals surface area contributed by atoms with E-state index >= 15 is 0 Å². The van der Waals surface area contributed by atoms with Gasteiger partial charge in [0, 0.05) is 39.2 Å². The number of nitrogens with zero attached hydrogens (tertiary/aromatic N) is 2. The molecule has 0 aromatic heterocycles. The van der Waals surface area contributed by atoms with Crippen LogP contribution < -0.4 is 5.32 Å². The van der Waals surface area contributed by atoms with E-state index in [2.05, 4.69) is 5.32 Å². The van der Waals surface area contributed by atoms with Crippen molar-refractivity contribution in [3.8, 4) is 5.75 Å². The third-order valence-electron chi connectivity index (χ3n) is 5.53. The van der Waals surface area contributed by atoms with E-state index in [0.29, 0.717) is 44.3 Å². The predicted octanol–water partition coefficient (Wildman–Crippen LogP) is 1.76. The van der Waals surface area contributed by atoms with Crippen LogP contribution in [-0.2, 0) is 14.3 Å². The van der Waals surface area contributed by atoms with Gasteiger partial charge in [-0.2, -0.15) is 0 Å². The highest BCUT2D eigenvalue weighted by Gasteiger charge is 2.37. The first kappa shape index (κ1) is 22.6. The molecule has 1 unspecified atom stereocenters. The summed E-state index contributed by atoms with van der Waals surface area (Å²) in [4.78, 5) is 41.1. The number of likely N-dealkylation sites (N-methyl/N-ethyl adjacent to an activating group) is 1. The Morgan fingerprint density at radius 3 is 2.77 bits per heavy atom. The van der Waals surface area contributed by atoms with Crippen molar-refractivity contribution in [3.05, 3.63) is 42.0 Å². The number of amides is 3. The van der Waals surface area contributed by atoms with E-state index in [1.54, 1.807) is 38.4 Å². The van der Waals surface area contributed by atoms with Crippen molar-refractivity contribution in [1.29, 1.82) is 0 Å². The van der Waals surface area contributed by atoms with E-state index in [0.717, 1.165) is 5.39 Å². The number of likely N-dealkylation sites (tertiary alicyclic amines) is 1. The van der Waals surface area contributed by atoms with Crippen LogP contribution >= 0.6 is 0 Å². The van der Waals surface area contributed by atoms with E-state index < -0.39 is 6.04 Å². The van der Waals surface area contributed by atoms with Gasteiger partial charge in [0.1, 0.15) is 11.8 Å². The lowest BCUT2D eigenvalue weighted by molar-refractivity contribution is -0.137. The Hall–Kier alpha value is -3.13. The van der Waals surface area contributed by atoms with Crippen LogP contribution in [0.4, 0.5) is 0 Å². The van der Waals surface area contributed by atoms with Crippen LogP contribution in [-0.4, -0.2) is 79.1 Å². The lowest BCUT2D eigenvalue weighted by Gasteiger charge is -2.28. The molecule has 31 heavy (non-hydrogen) atoms. The van der Waals surface area contributed by atoms with Gasteiger partial charge in [-0.1, -0.05) is 30.3 Å². The minimum atomic E-state index is -0.648. The topological polar surface area (TPSA) is 99.2 Å². The molecule has 3 rings (SSSR count). The Kier molecular flexibility index (Phi) is 7.46. The van der Waals surface area contributed by atoms with E-state index in [4.69, 9.17) is 4.74 Å². The van der Waals surface area contributed by atoms with Crippen LogP contribution in [0.5, 0.6) is 5.75 Å². The van der Waals surface area contributed by atoms with Crippen molar-refractivity contribution in [1.82, 2.24) is 15.1 Å². The van der Waals surface area contributed by atoms with Gasteiger partial charge in [-0.15, -0.1) is 0 Å². The molecule has 0 aliphatic carbocycles. The zero-order chi connectivity index (χ0) is 22.4. The van der Waals surface area contributed by atoms with Crippen LogP contribution in [0, 0.1) is 0 Å². The van der Waals surface area contributed by atoms with E-state index in [1.165, 1.54) is 9.80 Å². The fourth-order valence-electron chi connectivity index (χ4n) is 3.90. The lowest BCUT2D eigenvalue weighted by Crippen LogP contribution is -2.49. The second kappa shape index (κ2) is 10.3. The molecule has 1 atom stereocenters. The number of nitrogens with one attached hydrogen (secondary N) is 1. The molecule has 1 heterocycles. The SMILES string of the molecule is COCCCNC(=O)CN(C)C(=O)C1CCCN1C(=O)c1ccc2ccccc2c1O. The second-order valence-electron chi connectivity index (χ2n) is 7.73. The van der Waals surface area contributed by atoms with Gasteiger partial charge in [-0.3, -0.25) is 14.4 Å². The maximum Gasteiger partial charge on any atom is 0.258 e. The predicted molar refractivity (Wildman–Crippen MR) is 117 cm³/mol. The smallest absolute Gasteiger partial charge is 0.258 e. The van der Waals surface area contributed by atoms with Crippen LogP contribution in [0.1, 0.15) is 29.6 Å². The molecule has 1 aliphatic rings. The molecule has 1 fully saturated rings. The molecule has 1 saturated heterocycles. The molecular weight excluding hydrogens is 398 g/mol. The summed E-state index contributed by atoms with van der Waals surface area (Å²) < 4.78 is 4.94. The molecule has 0 bridgehead atoms. The van der Waals surface area contributed by atoms with Crippen LogP contribution in [0.15, 0.2) is 36.4 Å². The Morgan fingerprint density at radius 2 is 2.00 bits per heavy atom. The number of methoxy groups -OCH3 is 1. The third kappa shape index (κ3) is 5.14. The number of phenols is 1. The van der Waals surface area contributed by atoms with Gasteiger partial charge in [0.15, 0.2) is 0 Å². The van der Waals surface area contributed by atoms with E-state index in [9.17, 15) is 19.5 Å². The summed E-state index contributed by atoms with van der Waals surface area (Å²) in [5.41, 5.74) is 0.178. The number of ether oxygens (including phenoxy) is 1. The quantitative estimate of drug-likeness (QED) is 0.626. The zero-order valence-corrected chi connectivity index (χ0v) is 18.0. The number of phenolic OH excluding ortho intramolecular Hbond substituents is 1. The molecule has 0 saturated carbocycles. The molecule has 2 N–H and O–H groups in total. The fourth-order valence-corrected chi connectivity index (χ4v) is 3.90. The highest BCUT2D eigenvalue weighted by molar-refractivity contribution is 6.05. The van der Waals surface area contributed by atoms with E-state index in [1.807, 2.05) is 12.1 Å². The summed E-state index contributed by atoms with van der Waals surface area (Å²) >= 11 is 0. The minimum absolute atomic E-state index is 0.0778. The van der Waals surface area contributed by atoms with Crippen LogP contribution in [0.2, 0.25) is 0 Å². The van der Waals surface area contributed by atoms with E-state index in [-0.39, 0.29) is 35.6 Å². The molecule has 0 spiro atoms. The van der Waals surface area contributed by atoms with Gasteiger partial charge in [0.05, 0.1) is 12.1 Å². The first-order valence-corrected chi connectivity index (χ1v) is 10.5. The largest absolute Gasteiger partial charge is 0.506 e. The molecule has 8 heteroatoms. The highest BCUT2D eigenvalue weighted by Crippen LogP contribution is 2.31. The number of carbonyl (C=O) groups excluding carboxylic acids is 3. The molecule has 3 amide bonds. The van der Waals surface area contributed by atoms with Crippen molar-refractivity contribution in [3.63, 3.8) is 0 Å². The number of rotatable bonds is 8. The summed E-state index contributed by atoms with van der Waals surface area (Å²) in [7, 11) is 3.16. The van der Waals surface area contributed by atoms with Gasteiger partial charge in [0.25, 0.3) is 5.91 Å². The second-order valence-corrected chi connectivity index (χ2v) is 7.73. The summed E-state index contributed by atoms with van der Waals surface area (Å²) in [5, 5.41) is 14.8. The van der Waals surface area contributed by atoms with Crippen molar-refractivity contribution >= 4 is 28.5 Å². The molecule has 0 radical (unpaired) electrons. The number of benzene rings is 2. The van der Waals surface area contributed by atoms with Gasteiger partial charge in [-0.25, -0.2) is 0 Å². The zero-order valence-electron chi connectivity index (χ0n) is 18.0. The van der Waals surface area contributed by atoms with Gasteiger partial charge in [-0.05, 0) is 30.7 Å². The molecule has 8 nitrogen and oxygen atoms in total. The monoisotopic (exact) mass is 427 g/mol. The van der Waals surface area contributed by atoms with Crippen LogP contribution in [0.3, 0.4) is 0 Å². The van der Waals surface area contributed by atoms with Gasteiger partial charge < -0.3 is 25.0 Å². The molecular formula is C23H29N3O5. The van der Waals surface area contributed by atoms with Crippen molar-refractivity contribution in [2.75, 3.05) is 40.4 Å². The number of hydrogen-bond acceptors (Lipinski definition) is 5. The molecule has 2 aromatic rings. The number of carbonyl (C=O) groups is 3. The third-order valence-corrected chi connectivity index (χ3v) is 5.53. The number of fused-ring (bicyclic) bond motifs is 1. The first-order valence-electron chi connectivity index (χ1n) is 10.5. The summed E-state index contributed by atoms with van der Waals surface area (Å²) in [6.45, 7) is 1.38. The standard InChI is InChI=1S/C23H29N3O5/c1-25(15-20(27)24-12-6-14-31-2)23(30)19-9-5-13-26(19)22(29)18-11-10-16-7-3-4-8-17(16)21(18)28/h3-4,7-8,10-11,19,28H,5-6,9,12-15H2,1-2H3,(H,24,27). The Labute approximate surface area is 181 Å². The molecule has 1 aliphatic heterocycles. The minimum Gasteiger partial charge on any atom is -0.506 e. The summed E-state index contributed by atoms with van der Waals surface area (Å²) in [6.07, 6.45) is 1.91. The maximum absolute atomic E-state index is 13.2. The van der Waals surface area contributed by atoms with Gasteiger partial charge in [0.2, 0.25) is 11.8 Å². The summed E-state index contributed by atoms with van der Waals surface area (Å²) in [6, 6.07) is 10.0. The van der Waals surface area contributed by atoms with Crippen molar-refractivity contribution < 1.29 is 24.2 Å². The van der Waals surface area contributed by atoms with Crippen molar-refractivity contribution in [2.45, 2.75) is 25.3 Å². The molecule has 166 valence electrons. The molecule has 2 aromatic carbocycles. The normalized spacial score (nSPS) is 15.8. The van der Waals surface area contributed by atoms with Gasteiger partial charge >= 0.3 is 0 Å². The highest BCUT2D eigenvalue weighted by atomic mass is 16.5. The Bertz CT molecular complexity index is 961. The Balaban J connectivity index is 1.67. The average molecular weight is 428 g/mol. The Morgan fingerprint density at radius 1 is 1.23 bits per heavy atom. The summed E-state index contributed by atoms with van der Waals surface area (Å²) in [5.74, 6) is -0.991. The number of aromatic hydroxyl groups is 1. The number of hydrogen-bond donors (Lipinski definition) is 2. The first-order chi connectivity index (χ1) is 14.9. The van der Waals surface area contributed by atoms with Crippen LogP contribution in [0.25, 0.3) is 10.8 Å².